The molecule has 0 amide bonds. The van der Waals surface area contributed by atoms with E-state index in [2.05, 4.69) is 12.2 Å². The van der Waals surface area contributed by atoms with Crippen molar-refractivity contribution < 1.29 is 9.52 Å². The van der Waals surface area contributed by atoms with Crippen LogP contribution in [0.15, 0.2) is 16.7 Å². The zero-order valence-corrected chi connectivity index (χ0v) is 9.46. The quantitative estimate of drug-likeness (QED) is 0.648. The summed E-state index contributed by atoms with van der Waals surface area (Å²) in [6.45, 7) is 4.21. The van der Waals surface area contributed by atoms with Crippen molar-refractivity contribution >= 4 is 0 Å². The van der Waals surface area contributed by atoms with E-state index < -0.39 is 0 Å². The summed E-state index contributed by atoms with van der Waals surface area (Å²) in [5.41, 5.74) is 1.21. The zero-order valence-electron chi connectivity index (χ0n) is 9.46. The molecule has 0 saturated carbocycles. The first kappa shape index (κ1) is 12.3. The summed E-state index contributed by atoms with van der Waals surface area (Å²) in [7, 11) is 0. The van der Waals surface area contributed by atoms with E-state index in [9.17, 15) is 0 Å². The van der Waals surface area contributed by atoms with E-state index in [1.165, 1.54) is 18.4 Å². The number of aryl methyl sites for hydroxylation is 1. The van der Waals surface area contributed by atoms with E-state index >= 15 is 0 Å². The summed E-state index contributed by atoms with van der Waals surface area (Å²) in [4.78, 5) is 0. The molecule has 1 rings (SSSR count). The Balaban J connectivity index is 1.96. The first-order chi connectivity index (χ1) is 7.34. The molecule has 0 spiro atoms. The minimum atomic E-state index is 0.318. The summed E-state index contributed by atoms with van der Waals surface area (Å²) in [6, 6.07) is 1.98. The van der Waals surface area contributed by atoms with Gasteiger partial charge in [0.05, 0.1) is 12.8 Å². The fourth-order valence-corrected chi connectivity index (χ4v) is 1.50. The molecule has 0 bridgehead atoms. The van der Waals surface area contributed by atoms with Gasteiger partial charge in [0.15, 0.2) is 0 Å². The van der Waals surface area contributed by atoms with Gasteiger partial charge in [0.25, 0.3) is 0 Å². The average Bonchev–Trinajstić information content (AvgIpc) is 2.63. The van der Waals surface area contributed by atoms with Crippen molar-refractivity contribution in [2.24, 2.45) is 0 Å². The van der Waals surface area contributed by atoms with Crippen LogP contribution in [-0.4, -0.2) is 18.3 Å². The third-order valence-corrected chi connectivity index (χ3v) is 2.52. The number of unbranched alkanes of at least 4 members (excludes halogenated alkanes) is 3. The molecular formula is C12H21NO2. The lowest BCUT2D eigenvalue weighted by molar-refractivity contribution is 0.282. The second-order valence-electron chi connectivity index (χ2n) is 3.84. The van der Waals surface area contributed by atoms with Crippen LogP contribution in [0, 0.1) is 6.92 Å². The molecule has 2 N–H and O–H groups in total. The molecule has 3 nitrogen and oxygen atoms in total. The van der Waals surface area contributed by atoms with Gasteiger partial charge in [0.1, 0.15) is 5.76 Å². The van der Waals surface area contributed by atoms with Crippen molar-refractivity contribution in [2.75, 3.05) is 13.2 Å². The van der Waals surface area contributed by atoms with Gasteiger partial charge in [-0.05, 0) is 37.9 Å². The fourth-order valence-electron chi connectivity index (χ4n) is 1.50. The Morgan fingerprint density at radius 1 is 1.27 bits per heavy atom. The third-order valence-electron chi connectivity index (χ3n) is 2.52. The maximum Gasteiger partial charge on any atom is 0.120 e. The van der Waals surface area contributed by atoms with Gasteiger partial charge in [-0.1, -0.05) is 12.8 Å². The molecule has 0 unspecified atom stereocenters. The largest absolute Gasteiger partial charge is 0.468 e. The molecule has 1 aromatic heterocycles. The van der Waals surface area contributed by atoms with E-state index in [1.54, 1.807) is 6.26 Å². The fraction of sp³-hybridized carbons (Fsp3) is 0.667. The van der Waals surface area contributed by atoms with Crippen LogP contribution < -0.4 is 5.32 Å². The second kappa shape index (κ2) is 7.49. The Hall–Kier alpha value is -0.800. The second-order valence-corrected chi connectivity index (χ2v) is 3.84. The molecule has 3 heteroatoms. The number of hydrogen-bond acceptors (Lipinski definition) is 3. The number of furan rings is 1. The SMILES string of the molecule is Cc1ccoc1CNCCCCCCO. The number of aliphatic hydroxyl groups is 1. The molecule has 1 aromatic rings. The summed E-state index contributed by atoms with van der Waals surface area (Å²) in [6.07, 6.45) is 6.13. The van der Waals surface area contributed by atoms with E-state index in [0.29, 0.717) is 6.61 Å². The zero-order chi connectivity index (χ0) is 10.9. The highest BCUT2D eigenvalue weighted by atomic mass is 16.3. The van der Waals surface area contributed by atoms with E-state index in [4.69, 9.17) is 9.52 Å². The molecule has 1 heterocycles. The molecule has 0 aliphatic heterocycles. The van der Waals surface area contributed by atoms with Crippen LogP contribution in [0.2, 0.25) is 0 Å². The van der Waals surface area contributed by atoms with E-state index in [-0.39, 0.29) is 0 Å². The summed E-state index contributed by atoms with van der Waals surface area (Å²) < 4.78 is 5.31. The monoisotopic (exact) mass is 211 g/mol. The molecule has 0 radical (unpaired) electrons. The molecule has 0 fully saturated rings. The van der Waals surface area contributed by atoms with E-state index in [1.807, 2.05) is 6.07 Å². The Kier molecular flexibility index (Phi) is 6.12. The maximum absolute atomic E-state index is 8.60. The van der Waals surface area contributed by atoms with Crippen LogP contribution in [-0.2, 0) is 6.54 Å². The smallest absolute Gasteiger partial charge is 0.120 e. The van der Waals surface area contributed by atoms with Crippen LogP contribution in [0.1, 0.15) is 37.0 Å². The summed E-state index contributed by atoms with van der Waals surface area (Å²) >= 11 is 0. The molecule has 0 aliphatic carbocycles. The maximum atomic E-state index is 8.60. The van der Waals surface area contributed by atoms with Crippen LogP contribution in [0.25, 0.3) is 0 Å². The van der Waals surface area contributed by atoms with Crippen molar-refractivity contribution in [3.63, 3.8) is 0 Å². The van der Waals surface area contributed by atoms with Gasteiger partial charge >= 0.3 is 0 Å². The Bertz CT molecular complexity index is 258. The predicted octanol–water partition coefficient (Wildman–Crippen LogP) is 2.23. The first-order valence-electron chi connectivity index (χ1n) is 5.69. The van der Waals surface area contributed by atoms with Crippen molar-refractivity contribution in [1.29, 1.82) is 0 Å². The standard InChI is InChI=1S/C12H21NO2/c1-11-6-9-15-12(11)10-13-7-4-2-3-5-8-14/h6,9,13-14H,2-5,7-8,10H2,1H3. The van der Waals surface area contributed by atoms with Gasteiger partial charge in [0, 0.05) is 6.61 Å². The molecule has 0 aliphatic rings. The highest BCUT2D eigenvalue weighted by Crippen LogP contribution is 2.07. The average molecular weight is 211 g/mol. The Labute approximate surface area is 91.5 Å². The van der Waals surface area contributed by atoms with Crippen LogP contribution >= 0.6 is 0 Å². The molecular weight excluding hydrogens is 190 g/mol. The molecule has 86 valence electrons. The minimum Gasteiger partial charge on any atom is -0.468 e. The summed E-state index contributed by atoms with van der Waals surface area (Å²) in [5, 5.41) is 11.9. The van der Waals surface area contributed by atoms with Gasteiger partial charge in [-0.2, -0.15) is 0 Å². The number of aliphatic hydroxyl groups excluding tert-OH is 1. The normalized spacial score (nSPS) is 10.8. The van der Waals surface area contributed by atoms with Crippen molar-refractivity contribution in [3.8, 4) is 0 Å². The van der Waals surface area contributed by atoms with Crippen LogP contribution in [0.5, 0.6) is 0 Å². The lowest BCUT2D eigenvalue weighted by atomic mass is 10.2. The Morgan fingerprint density at radius 3 is 2.73 bits per heavy atom. The lowest BCUT2D eigenvalue weighted by Crippen LogP contribution is -2.14. The third kappa shape index (κ3) is 5.00. The van der Waals surface area contributed by atoms with Crippen molar-refractivity contribution in [1.82, 2.24) is 5.32 Å². The van der Waals surface area contributed by atoms with Crippen molar-refractivity contribution in [2.45, 2.75) is 39.2 Å². The van der Waals surface area contributed by atoms with Gasteiger partial charge in [-0.25, -0.2) is 0 Å². The van der Waals surface area contributed by atoms with E-state index in [0.717, 1.165) is 31.7 Å². The Morgan fingerprint density at radius 2 is 2.07 bits per heavy atom. The summed E-state index contributed by atoms with van der Waals surface area (Å²) in [5.74, 6) is 1.03. The highest BCUT2D eigenvalue weighted by molar-refractivity contribution is 5.13. The number of rotatable bonds is 8. The topological polar surface area (TPSA) is 45.4 Å². The number of hydrogen-bond donors (Lipinski definition) is 2. The molecule has 0 atom stereocenters. The minimum absolute atomic E-state index is 0.318. The van der Waals surface area contributed by atoms with Gasteiger partial charge < -0.3 is 14.8 Å². The molecule has 15 heavy (non-hydrogen) atoms. The van der Waals surface area contributed by atoms with Crippen molar-refractivity contribution in [3.05, 3.63) is 23.7 Å². The number of nitrogens with one attached hydrogen (secondary N) is 1. The van der Waals surface area contributed by atoms with Gasteiger partial charge in [0.2, 0.25) is 0 Å². The first-order valence-corrected chi connectivity index (χ1v) is 5.69. The van der Waals surface area contributed by atoms with Crippen LogP contribution in [0.4, 0.5) is 0 Å². The van der Waals surface area contributed by atoms with Gasteiger partial charge in [-0.15, -0.1) is 0 Å². The van der Waals surface area contributed by atoms with Gasteiger partial charge in [-0.3, -0.25) is 0 Å². The molecule has 0 saturated heterocycles. The predicted molar refractivity (Wildman–Crippen MR) is 60.7 cm³/mol. The lowest BCUT2D eigenvalue weighted by Gasteiger charge is -2.03. The highest BCUT2D eigenvalue weighted by Gasteiger charge is 1.99. The van der Waals surface area contributed by atoms with Crippen LogP contribution in [0.3, 0.4) is 0 Å². The molecule has 0 aromatic carbocycles.